The predicted molar refractivity (Wildman–Crippen MR) is 66.1 cm³/mol. The maximum atomic E-state index is 11.8. The highest BCUT2D eigenvalue weighted by Crippen LogP contribution is 2.03. The van der Waals surface area contributed by atoms with Gasteiger partial charge in [-0.1, -0.05) is 26.1 Å². The number of aryl methyl sites for hydroxylation is 1. The molecule has 1 aromatic rings. The van der Waals surface area contributed by atoms with Gasteiger partial charge in [-0.25, -0.2) is 0 Å². The minimum Gasteiger partial charge on any atom is -0.392 e. The smallest absolute Gasteiger partial charge is 0.272 e. The summed E-state index contributed by atoms with van der Waals surface area (Å²) in [6.07, 6.45) is 1.71. The number of hydrogen-bond acceptors (Lipinski definition) is 3. The van der Waals surface area contributed by atoms with Crippen molar-refractivity contribution < 1.29 is 4.79 Å². The molecule has 1 aromatic heterocycles. The lowest BCUT2D eigenvalue weighted by atomic mass is 10.0. The van der Waals surface area contributed by atoms with Crippen LogP contribution in [0.25, 0.3) is 0 Å². The Labute approximate surface area is 100 Å². The number of carbonyl (C=O) groups is 1. The van der Waals surface area contributed by atoms with E-state index in [0.29, 0.717) is 10.7 Å². The van der Waals surface area contributed by atoms with E-state index in [0.717, 1.165) is 0 Å². The molecule has 0 radical (unpaired) electrons. The Balaban J connectivity index is 2.73. The summed E-state index contributed by atoms with van der Waals surface area (Å²) in [4.78, 5) is 12.1. The van der Waals surface area contributed by atoms with E-state index >= 15 is 0 Å². The Morgan fingerprint density at radius 1 is 1.62 bits per heavy atom. The lowest BCUT2D eigenvalue weighted by Gasteiger charge is -2.20. The van der Waals surface area contributed by atoms with Crippen LogP contribution in [0.1, 0.15) is 24.3 Å². The number of thiocarbonyl (C=S) groups is 1. The third kappa shape index (κ3) is 3.03. The summed E-state index contributed by atoms with van der Waals surface area (Å²) in [6, 6.07) is 1.34. The number of carbonyl (C=O) groups excluding carboxylic acids is 1. The first-order chi connectivity index (χ1) is 7.41. The fourth-order valence-corrected chi connectivity index (χ4v) is 1.65. The van der Waals surface area contributed by atoms with Crippen molar-refractivity contribution in [2.75, 3.05) is 0 Å². The number of nitrogens with one attached hydrogen (secondary N) is 1. The highest BCUT2D eigenvalue weighted by Gasteiger charge is 2.20. The first kappa shape index (κ1) is 12.6. The summed E-state index contributed by atoms with van der Waals surface area (Å²) in [5, 5.41) is 6.77. The number of nitrogens with zero attached hydrogens (tertiary/aromatic N) is 2. The fraction of sp³-hybridized carbons (Fsp3) is 0.500. The van der Waals surface area contributed by atoms with Crippen molar-refractivity contribution in [2.24, 2.45) is 18.7 Å². The van der Waals surface area contributed by atoms with Crippen molar-refractivity contribution in [1.29, 1.82) is 0 Å². The van der Waals surface area contributed by atoms with E-state index in [1.807, 2.05) is 13.8 Å². The van der Waals surface area contributed by atoms with Crippen molar-refractivity contribution in [3.63, 3.8) is 0 Å². The van der Waals surface area contributed by atoms with Crippen molar-refractivity contribution >= 4 is 23.1 Å². The van der Waals surface area contributed by atoms with E-state index in [1.54, 1.807) is 24.0 Å². The summed E-state index contributed by atoms with van der Waals surface area (Å²) < 4.78 is 1.57. The first-order valence-electron chi connectivity index (χ1n) is 5.01. The molecule has 1 rings (SSSR count). The van der Waals surface area contributed by atoms with Gasteiger partial charge in [0.1, 0.15) is 5.69 Å². The Kier molecular flexibility index (Phi) is 4.00. The van der Waals surface area contributed by atoms with Crippen molar-refractivity contribution in [3.05, 3.63) is 18.0 Å². The second-order valence-corrected chi connectivity index (χ2v) is 4.44. The van der Waals surface area contributed by atoms with Gasteiger partial charge in [-0.2, -0.15) is 5.10 Å². The fourth-order valence-electron chi connectivity index (χ4n) is 1.32. The molecule has 1 heterocycles. The summed E-state index contributed by atoms with van der Waals surface area (Å²) in [7, 11) is 1.75. The SMILES string of the molecule is CC(C)C(NC(=O)c1ccn(C)n1)C(N)=S. The lowest BCUT2D eigenvalue weighted by Crippen LogP contribution is -2.46. The molecular weight excluding hydrogens is 224 g/mol. The number of aromatic nitrogens is 2. The molecule has 0 aromatic carbocycles. The zero-order valence-electron chi connectivity index (χ0n) is 9.60. The molecular formula is C10H16N4OS. The third-order valence-corrected chi connectivity index (χ3v) is 2.46. The van der Waals surface area contributed by atoms with E-state index in [-0.39, 0.29) is 17.9 Å². The van der Waals surface area contributed by atoms with Gasteiger partial charge in [-0.15, -0.1) is 0 Å². The molecule has 0 spiro atoms. The molecule has 0 bridgehead atoms. The molecule has 0 aliphatic rings. The minimum atomic E-state index is -0.301. The monoisotopic (exact) mass is 240 g/mol. The van der Waals surface area contributed by atoms with Crippen LogP contribution in [0.4, 0.5) is 0 Å². The van der Waals surface area contributed by atoms with E-state index in [4.69, 9.17) is 18.0 Å². The number of amides is 1. The van der Waals surface area contributed by atoms with Crippen LogP contribution in [0.5, 0.6) is 0 Å². The summed E-state index contributed by atoms with van der Waals surface area (Å²) in [6.45, 7) is 3.89. The van der Waals surface area contributed by atoms with Gasteiger partial charge in [-0.3, -0.25) is 9.48 Å². The average Bonchev–Trinajstić information content (AvgIpc) is 2.59. The summed E-state index contributed by atoms with van der Waals surface area (Å²) in [5.74, 6) is -0.0998. The minimum absolute atomic E-state index is 0.158. The van der Waals surface area contributed by atoms with Gasteiger partial charge in [0, 0.05) is 13.2 Å². The first-order valence-corrected chi connectivity index (χ1v) is 5.42. The predicted octanol–water partition coefficient (Wildman–Crippen LogP) is 0.461. The molecule has 6 heteroatoms. The zero-order chi connectivity index (χ0) is 12.3. The second-order valence-electron chi connectivity index (χ2n) is 3.97. The van der Waals surface area contributed by atoms with Crippen LogP contribution in [-0.4, -0.2) is 26.7 Å². The van der Waals surface area contributed by atoms with Gasteiger partial charge in [-0.05, 0) is 12.0 Å². The Morgan fingerprint density at radius 2 is 2.25 bits per heavy atom. The molecule has 88 valence electrons. The number of hydrogen-bond donors (Lipinski definition) is 2. The van der Waals surface area contributed by atoms with Crippen LogP contribution in [0, 0.1) is 5.92 Å². The molecule has 5 nitrogen and oxygen atoms in total. The Hall–Kier alpha value is -1.43. The molecule has 0 saturated heterocycles. The second kappa shape index (κ2) is 5.07. The van der Waals surface area contributed by atoms with E-state index in [1.165, 1.54) is 0 Å². The van der Waals surface area contributed by atoms with E-state index in [9.17, 15) is 4.79 Å². The zero-order valence-corrected chi connectivity index (χ0v) is 10.4. The topological polar surface area (TPSA) is 72.9 Å². The maximum Gasteiger partial charge on any atom is 0.272 e. The molecule has 1 amide bonds. The van der Waals surface area contributed by atoms with Gasteiger partial charge < -0.3 is 11.1 Å². The van der Waals surface area contributed by atoms with Crippen LogP contribution in [0.3, 0.4) is 0 Å². The normalized spacial score (nSPS) is 12.5. The summed E-state index contributed by atoms with van der Waals surface area (Å²) >= 11 is 4.90. The number of rotatable bonds is 4. The highest BCUT2D eigenvalue weighted by atomic mass is 32.1. The van der Waals surface area contributed by atoms with Gasteiger partial charge in [0.15, 0.2) is 0 Å². The number of nitrogens with two attached hydrogens (primary N) is 1. The molecule has 0 fully saturated rings. The van der Waals surface area contributed by atoms with Gasteiger partial charge in [0.05, 0.1) is 11.0 Å². The molecule has 0 aliphatic heterocycles. The van der Waals surface area contributed by atoms with Crippen molar-refractivity contribution in [3.8, 4) is 0 Å². The van der Waals surface area contributed by atoms with Gasteiger partial charge in [0.2, 0.25) is 0 Å². The molecule has 3 N–H and O–H groups in total. The van der Waals surface area contributed by atoms with Crippen LogP contribution >= 0.6 is 12.2 Å². The lowest BCUT2D eigenvalue weighted by molar-refractivity contribution is 0.0934. The highest BCUT2D eigenvalue weighted by molar-refractivity contribution is 7.80. The van der Waals surface area contributed by atoms with Gasteiger partial charge >= 0.3 is 0 Å². The van der Waals surface area contributed by atoms with Crippen LogP contribution in [0.2, 0.25) is 0 Å². The van der Waals surface area contributed by atoms with E-state index < -0.39 is 0 Å². The van der Waals surface area contributed by atoms with Gasteiger partial charge in [0.25, 0.3) is 5.91 Å². The summed E-state index contributed by atoms with van der Waals surface area (Å²) in [5.41, 5.74) is 5.93. The largest absolute Gasteiger partial charge is 0.392 e. The average molecular weight is 240 g/mol. The maximum absolute atomic E-state index is 11.8. The van der Waals surface area contributed by atoms with Crippen LogP contribution in [0.15, 0.2) is 12.3 Å². The van der Waals surface area contributed by atoms with Crippen LogP contribution in [-0.2, 0) is 7.05 Å². The third-order valence-electron chi connectivity index (χ3n) is 2.21. The van der Waals surface area contributed by atoms with E-state index in [2.05, 4.69) is 10.4 Å². The molecule has 1 atom stereocenters. The van der Waals surface area contributed by atoms with Crippen LogP contribution < -0.4 is 11.1 Å². The van der Waals surface area contributed by atoms with Crippen molar-refractivity contribution in [1.82, 2.24) is 15.1 Å². The standard InChI is InChI=1S/C10H16N4OS/c1-6(2)8(9(11)16)12-10(15)7-4-5-14(3)13-7/h4-6,8H,1-3H3,(H2,11,16)(H,12,15). The Bertz CT molecular complexity index is 399. The molecule has 16 heavy (non-hydrogen) atoms. The quantitative estimate of drug-likeness (QED) is 0.750. The van der Waals surface area contributed by atoms with Crippen molar-refractivity contribution in [2.45, 2.75) is 19.9 Å². The Morgan fingerprint density at radius 3 is 2.62 bits per heavy atom. The molecule has 0 saturated carbocycles. The molecule has 0 aliphatic carbocycles. The molecule has 1 unspecified atom stereocenters.